The minimum Gasteiger partial charge on any atom is -0.450 e. The topological polar surface area (TPSA) is 38.3 Å². The molecule has 0 aliphatic carbocycles. The van der Waals surface area contributed by atoms with Gasteiger partial charge in [-0.05, 0) is 46.0 Å². The smallest absolute Gasteiger partial charge is 0.407 e. The number of nitrogens with one attached hydrogen (secondary N) is 1. The molecule has 0 bridgehead atoms. The first-order chi connectivity index (χ1) is 7.56. The molecule has 1 amide bonds. The van der Waals surface area contributed by atoms with Crippen molar-refractivity contribution < 1.29 is 9.53 Å². The summed E-state index contributed by atoms with van der Waals surface area (Å²) in [5, 5.41) is 2.74. The van der Waals surface area contributed by atoms with Crippen LogP contribution >= 0.6 is 0 Å². The van der Waals surface area contributed by atoms with E-state index in [-0.39, 0.29) is 6.09 Å². The highest BCUT2D eigenvalue weighted by molar-refractivity contribution is 5.66. The lowest BCUT2D eigenvalue weighted by Gasteiger charge is -2.10. The highest BCUT2D eigenvalue weighted by Crippen LogP contribution is 2.10. The van der Waals surface area contributed by atoms with E-state index in [2.05, 4.69) is 32.2 Å². The van der Waals surface area contributed by atoms with Gasteiger partial charge >= 0.3 is 6.09 Å². The molecule has 0 heterocycles. The van der Waals surface area contributed by atoms with E-state index in [1.807, 2.05) is 6.92 Å². The number of carbonyl (C=O) groups is 1. The summed E-state index contributed by atoms with van der Waals surface area (Å²) in [4.78, 5) is 11.0. The van der Waals surface area contributed by atoms with Crippen LogP contribution in [-0.2, 0) is 4.74 Å². The normalized spacial score (nSPS) is 11.8. The Labute approximate surface area is 99.3 Å². The van der Waals surface area contributed by atoms with Crippen molar-refractivity contribution in [1.29, 1.82) is 0 Å². The van der Waals surface area contributed by atoms with Crippen molar-refractivity contribution in [1.82, 2.24) is 5.32 Å². The van der Waals surface area contributed by atoms with Crippen LogP contribution in [0.1, 0.15) is 47.0 Å². The van der Waals surface area contributed by atoms with Crippen molar-refractivity contribution in [3.63, 3.8) is 0 Å². The van der Waals surface area contributed by atoms with Crippen LogP contribution in [0.3, 0.4) is 0 Å². The first-order valence-corrected chi connectivity index (χ1v) is 6.10. The van der Waals surface area contributed by atoms with Crippen molar-refractivity contribution in [3.8, 4) is 0 Å². The minimum atomic E-state index is -0.306. The standard InChI is InChI=1S/C13H25NO2/c1-5-16-13(15)14-10-9-12(4)8-6-7-11(2)3/h7,12H,5-6,8-10H2,1-4H3,(H,14,15)/t12-/m0/s1. The Bertz CT molecular complexity index is 220. The molecule has 0 fully saturated rings. The lowest BCUT2D eigenvalue weighted by Crippen LogP contribution is -2.26. The number of rotatable bonds is 7. The summed E-state index contributed by atoms with van der Waals surface area (Å²) in [6, 6.07) is 0. The largest absolute Gasteiger partial charge is 0.450 e. The van der Waals surface area contributed by atoms with Crippen LogP contribution in [0.4, 0.5) is 4.79 Å². The molecule has 0 saturated carbocycles. The number of amides is 1. The summed E-state index contributed by atoms with van der Waals surface area (Å²) in [5.41, 5.74) is 1.37. The summed E-state index contributed by atoms with van der Waals surface area (Å²) in [6.07, 6.45) is 5.27. The van der Waals surface area contributed by atoms with Gasteiger partial charge in [0.1, 0.15) is 0 Å². The number of carbonyl (C=O) groups excluding carboxylic acids is 1. The monoisotopic (exact) mass is 227 g/mol. The van der Waals surface area contributed by atoms with Crippen LogP contribution in [0.5, 0.6) is 0 Å². The summed E-state index contributed by atoms with van der Waals surface area (Å²) < 4.78 is 4.78. The van der Waals surface area contributed by atoms with Gasteiger partial charge in [0.05, 0.1) is 6.61 Å². The number of hydrogen-bond acceptors (Lipinski definition) is 2. The molecule has 0 spiro atoms. The fraction of sp³-hybridized carbons (Fsp3) is 0.769. The average molecular weight is 227 g/mol. The predicted molar refractivity (Wildman–Crippen MR) is 67.5 cm³/mol. The Balaban J connectivity index is 3.47. The second-order valence-corrected chi connectivity index (χ2v) is 4.40. The van der Waals surface area contributed by atoms with E-state index in [9.17, 15) is 4.79 Å². The molecule has 3 heteroatoms. The summed E-state index contributed by atoms with van der Waals surface area (Å²) >= 11 is 0. The number of alkyl carbamates (subject to hydrolysis) is 1. The van der Waals surface area contributed by atoms with Crippen LogP contribution in [0.15, 0.2) is 11.6 Å². The molecule has 0 aromatic heterocycles. The zero-order chi connectivity index (χ0) is 12.4. The van der Waals surface area contributed by atoms with Crippen molar-refractivity contribution in [2.45, 2.75) is 47.0 Å². The van der Waals surface area contributed by atoms with Gasteiger partial charge in [0.25, 0.3) is 0 Å². The first-order valence-electron chi connectivity index (χ1n) is 6.10. The maximum absolute atomic E-state index is 11.0. The molecule has 94 valence electrons. The second-order valence-electron chi connectivity index (χ2n) is 4.40. The Hall–Kier alpha value is -0.990. The SMILES string of the molecule is CCOC(=O)NCC[C@@H](C)CCC=C(C)C. The molecule has 0 saturated heterocycles. The van der Waals surface area contributed by atoms with Crippen LogP contribution in [0.25, 0.3) is 0 Å². The van der Waals surface area contributed by atoms with Gasteiger partial charge in [-0.3, -0.25) is 0 Å². The average Bonchev–Trinajstić information content (AvgIpc) is 2.17. The van der Waals surface area contributed by atoms with E-state index in [4.69, 9.17) is 4.74 Å². The van der Waals surface area contributed by atoms with E-state index in [0.29, 0.717) is 19.1 Å². The van der Waals surface area contributed by atoms with Crippen LogP contribution in [0, 0.1) is 5.92 Å². The van der Waals surface area contributed by atoms with Gasteiger partial charge in [-0.1, -0.05) is 18.6 Å². The van der Waals surface area contributed by atoms with E-state index in [1.165, 1.54) is 12.0 Å². The number of allylic oxidation sites excluding steroid dienone is 2. The third-order valence-corrected chi connectivity index (χ3v) is 2.39. The van der Waals surface area contributed by atoms with Gasteiger partial charge in [-0.15, -0.1) is 0 Å². The third-order valence-electron chi connectivity index (χ3n) is 2.39. The molecular formula is C13H25NO2. The summed E-state index contributed by atoms with van der Waals surface area (Å²) in [7, 11) is 0. The predicted octanol–water partition coefficient (Wildman–Crippen LogP) is 3.51. The molecule has 1 N–H and O–H groups in total. The van der Waals surface area contributed by atoms with E-state index < -0.39 is 0 Å². The Kier molecular flexibility index (Phi) is 8.68. The first kappa shape index (κ1) is 15.0. The summed E-state index contributed by atoms with van der Waals surface area (Å²) in [5.74, 6) is 0.637. The van der Waals surface area contributed by atoms with Crippen molar-refractivity contribution in [2.75, 3.05) is 13.2 Å². The van der Waals surface area contributed by atoms with E-state index >= 15 is 0 Å². The second kappa shape index (κ2) is 9.25. The van der Waals surface area contributed by atoms with Crippen molar-refractivity contribution in [2.24, 2.45) is 5.92 Å². The molecule has 0 aromatic rings. The molecule has 0 aliphatic rings. The van der Waals surface area contributed by atoms with Crippen molar-refractivity contribution in [3.05, 3.63) is 11.6 Å². The van der Waals surface area contributed by atoms with Crippen LogP contribution < -0.4 is 5.32 Å². The van der Waals surface area contributed by atoms with Crippen molar-refractivity contribution >= 4 is 6.09 Å². The molecule has 1 atom stereocenters. The highest BCUT2D eigenvalue weighted by atomic mass is 16.5. The molecule has 16 heavy (non-hydrogen) atoms. The summed E-state index contributed by atoms with van der Waals surface area (Å²) in [6.45, 7) is 9.39. The maximum atomic E-state index is 11.0. The fourth-order valence-electron chi connectivity index (χ4n) is 1.40. The lowest BCUT2D eigenvalue weighted by atomic mass is 10.0. The molecule has 0 unspecified atom stereocenters. The van der Waals surface area contributed by atoms with Gasteiger partial charge in [0.2, 0.25) is 0 Å². The molecular weight excluding hydrogens is 202 g/mol. The van der Waals surface area contributed by atoms with Gasteiger partial charge in [0.15, 0.2) is 0 Å². The lowest BCUT2D eigenvalue weighted by molar-refractivity contribution is 0.151. The van der Waals surface area contributed by atoms with Gasteiger partial charge in [0, 0.05) is 6.54 Å². The fourth-order valence-corrected chi connectivity index (χ4v) is 1.40. The van der Waals surface area contributed by atoms with Gasteiger partial charge in [-0.25, -0.2) is 4.79 Å². The number of ether oxygens (including phenoxy) is 1. The van der Waals surface area contributed by atoms with Gasteiger partial charge in [-0.2, -0.15) is 0 Å². The van der Waals surface area contributed by atoms with E-state index in [0.717, 1.165) is 12.8 Å². The van der Waals surface area contributed by atoms with E-state index in [1.54, 1.807) is 0 Å². The minimum absolute atomic E-state index is 0.306. The maximum Gasteiger partial charge on any atom is 0.407 e. The molecule has 0 aromatic carbocycles. The highest BCUT2D eigenvalue weighted by Gasteiger charge is 2.03. The van der Waals surface area contributed by atoms with Gasteiger partial charge < -0.3 is 10.1 Å². The quantitative estimate of drug-likeness (QED) is 0.676. The Morgan fingerprint density at radius 1 is 1.38 bits per heavy atom. The Morgan fingerprint density at radius 2 is 2.06 bits per heavy atom. The number of hydrogen-bond donors (Lipinski definition) is 1. The third kappa shape index (κ3) is 9.56. The molecule has 0 radical (unpaired) electrons. The Morgan fingerprint density at radius 3 is 2.62 bits per heavy atom. The zero-order valence-electron chi connectivity index (χ0n) is 11.0. The molecule has 0 rings (SSSR count). The van der Waals surface area contributed by atoms with Crippen LogP contribution in [0.2, 0.25) is 0 Å². The zero-order valence-corrected chi connectivity index (χ0v) is 11.0. The van der Waals surface area contributed by atoms with Crippen LogP contribution in [-0.4, -0.2) is 19.2 Å². The molecule has 0 aliphatic heterocycles. The molecule has 3 nitrogen and oxygen atoms in total.